The van der Waals surface area contributed by atoms with Gasteiger partial charge in [0.05, 0.1) is 12.8 Å². The number of carbonyl (C=O) groups excluding carboxylic acids is 3. The van der Waals surface area contributed by atoms with Crippen molar-refractivity contribution < 1.29 is 19.1 Å². The Morgan fingerprint density at radius 1 is 0.892 bits per heavy atom. The molecule has 0 saturated heterocycles. The molecular formula is C27H31N5O5. The van der Waals surface area contributed by atoms with Gasteiger partial charge in [-0.15, -0.1) is 0 Å². The smallest absolute Gasteiger partial charge is 0.267 e. The van der Waals surface area contributed by atoms with E-state index in [0.29, 0.717) is 22.7 Å². The molecule has 1 aromatic heterocycles. The number of hydrogen-bond donors (Lipinski definition) is 3. The molecule has 0 radical (unpaired) electrons. The zero-order valence-electron chi connectivity index (χ0n) is 21.3. The fourth-order valence-corrected chi connectivity index (χ4v) is 3.17. The summed E-state index contributed by atoms with van der Waals surface area (Å²) in [7, 11) is 1.57. The molecule has 10 nitrogen and oxygen atoms in total. The second-order valence-corrected chi connectivity index (χ2v) is 9.33. The molecule has 0 saturated carbocycles. The number of nitrogens with zero attached hydrogens (tertiary/aromatic N) is 2. The van der Waals surface area contributed by atoms with Crippen LogP contribution in [0.3, 0.4) is 0 Å². The zero-order valence-corrected chi connectivity index (χ0v) is 21.3. The van der Waals surface area contributed by atoms with Gasteiger partial charge in [-0.2, -0.15) is 5.10 Å². The number of nitrogens with one attached hydrogen (secondary N) is 3. The summed E-state index contributed by atoms with van der Waals surface area (Å²) in [5.41, 5.74) is 1.43. The third-order valence-electron chi connectivity index (χ3n) is 5.36. The predicted octanol–water partition coefficient (Wildman–Crippen LogP) is 2.45. The van der Waals surface area contributed by atoms with E-state index in [1.807, 2.05) is 32.9 Å². The Morgan fingerprint density at radius 3 is 2.16 bits per heavy atom. The van der Waals surface area contributed by atoms with Crippen LogP contribution in [0.4, 0.5) is 5.69 Å². The number of benzene rings is 2. The molecule has 0 aliphatic rings. The summed E-state index contributed by atoms with van der Waals surface area (Å²) in [5, 5.41) is 12.5. The van der Waals surface area contributed by atoms with Crippen molar-refractivity contribution in [3.05, 3.63) is 76.6 Å². The van der Waals surface area contributed by atoms with Crippen molar-refractivity contribution in [2.45, 2.75) is 27.3 Å². The monoisotopic (exact) mass is 505 g/mol. The molecule has 3 N–H and O–H groups in total. The molecule has 0 atom stereocenters. The molecule has 37 heavy (non-hydrogen) atoms. The van der Waals surface area contributed by atoms with Crippen LogP contribution < -0.4 is 26.2 Å². The van der Waals surface area contributed by atoms with Crippen LogP contribution in [0, 0.1) is 5.41 Å². The topological polar surface area (TPSA) is 131 Å². The number of amides is 3. The van der Waals surface area contributed by atoms with Gasteiger partial charge in [0.2, 0.25) is 11.8 Å². The molecule has 0 aliphatic carbocycles. The second-order valence-electron chi connectivity index (χ2n) is 9.33. The van der Waals surface area contributed by atoms with Crippen molar-refractivity contribution in [3.63, 3.8) is 0 Å². The van der Waals surface area contributed by atoms with Crippen LogP contribution in [0.2, 0.25) is 0 Å². The first-order chi connectivity index (χ1) is 17.6. The molecule has 10 heteroatoms. The number of rotatable bonds is 9. The Labute approximate surface area is 215 Å². The van der Waals surface area contributed by atoms with Gasteiger partial charge < -0.3 is 20.7 Å². The maximum absolute atomic E-state index is 12.4. The normalized spacial score (nSPS) is 10.9. The van der Waals surface area contributed by atoms with E-state index in [-0.39, 0.29) is 31.4 Å². The summed E-state index contributed by atoms with van der Waals surface area (Å²) in [6.07, 6.45) is 0. The van der Waals surface area contributed by atoms with Crippen molar-refractivity contribution in [2.24, 2.45) is 5.41 Å². The first-order valence-corrected chi connectivity index (χ1v) is 11.8. The minimum Gasteiger partial charge on any atom is -0.497 e. The first kappa shape index (κ1) is 27.1. The average molecular weight is 506 g/mol. The number of methoxy groups -OCH3 is 1. The van der Waals surface area contributed by atoms with Gasteiger partial charge in [-0.3, -0.25) is 19.2 Å². The van der Waals surface area contributed by atoms with E-state index in [9.17, 15) is 19.2 Å². The van der Waals surface area contributed by atoms with Crippen LogP contribution >= 0.6 is 0 Å². The van der Waals surface area contributed by atoms with Gasteiger partial charge in [0.15, 0.2) is 0 Å². The van der Waals surface area contributed by atoms with Crippen molar-refractivity contribution in [2.75, 3.05) is 25.5 Å². The highest BCUT2D eigenvalue weighted by atomic mass is 16.5. The first-order valence-electron chi connectivity index (χ1n) is 11.8. The lowest BCUT2D eigenvalue weighted by atomic mass is 9.95. The molecule has 1 heterocycles. The average Bonchev–Trinajstić information content (AvgIpc) is 2.87. The number of aromatic nitrogens is 2. The Hall–Kier alpha value is -4.47. The molecule has 0 bridgehead atoms. The van der Waals surface area contributed by atoms with E-state index in [2.05, 4.69) is 21.0 Å². The Bertz CT molecular complexity index is 1310. The minimum absolute atomic E-state index is 0.120. The van der Waals surface area contributed by atoms with Gasteiger partial charge in [-0.25, -0.2) is 4.68 Å². The van der Waals surface area contributed by atoms with Crippen LogP contribution in [0.5, 0.6) is 5.75 Å². The maximum atomic E-state index is 12.4. The molecule has 3 amide bonds. The zero-order chi connectivity index (χ0) is 27.0. The van der Waals surface area contributed by atoms with Gasteiger partial charge in [0.25, 0.3) is 11.5 Å². The van der Waals surface area contributed by atoms with E-state index in [4.69, 9.17) is 4.74 Å². The summed E-state index contributed by atoms with van der Waals surface area (Å²) in [4.78, 5) is 48.9. The minimum atomic E-state index is -0.524. The predicted molar refractivity (Wildman–Crippen MR) is 140 cm³/mol. The number of carbonyl (C=O) groups is 3. The molecule has 194 valence electrons. The van der Waals surface area contributed by atoms with Crippen molar-refractivity contribution in [1.29, 1.82) is 0 Å². The highest BCUT2D eigenvalue weighted by Crippen LogP contribution is 2.20. The highest BCUT2D eigenvalue weighted by Gasteiger charge is 2.21. The van der Waals surface area contributed by atoms with E-state index in [1.54, 1.807) is 49.6 Å². The van der Waals surface area contributed by atoms with Crippen LogP contribution in [0.15, 0.2) is 65.5 Å². The van der Waals surface area contributed by atoms with Crippen LogP contribution in [0.1, 0.15) is 31.1 Å². The number of hydrogen-bond acceptors (Lipinski definition) is 6. The van der Waals surface area contributed by atoms with Crippen molar-refractivity contribution in [1.82, 2.24) is 20.4 Å². The molecule has 3 aromatic rings. The molecular weight excluding hydrogens is 474 g/mol. The summed E-state index contributed by atoms with van der Waals surface area (Å²) in [5.74, 6) is -0.141. The Balaban J connectivity index is 1.47. The molecule has 0 fully saturated rings. The van der Waals surface area contributed by atoms with E-state index < -0.39 is 16.9 Å². The van der Waals surface area contributed by atoms with Crippen molar-refractivity contribution >= 4 is 23.4 Å². The van der Waals surface area contributed by atoms with E-state index in [0.717, 1.165) is 10.2 Å². The Morgan fingerprint density at radius 2 is 1.54 bits per heavy atom. The standard InChI is InChI=1S/C27H31N5O5/c1-27(2,3)26(36)30-20-9-5-19(6-10-20)25(35)29-16-15-28-23(33)17-32-24(34)14-13-22(31-32)18-7-11-21(37-4)12-8-18/h5-14H,15-17H2,1-4H3,(H,28,33)(H,29,35)(H,30,36). The van der Waals surface area contributed by atoms with Crippen LogP contribution in [-0.2, 0) is 16.1 Å². The maximum Gasteiger partial charge on any atom is 0.267 e. The number of anilines is 1. The molecule has 0 aliphatic heterocycles. The van der Waals surface area contributed by atoms with Gasteiger partial charge in [-0.05, 0) is 54.6 Å². The second kappa shape index (κ2) is 12.0. The van der Waals surface area contributed by atoms with Gasteiger partial charge in [0, 0.05) is 41.4 Å². The number of ether oxygens (including phenoxy) is 1. The summed E-state index contributed by atoms with van der Waals surface area (Å²) < 4.78 is 6.24. The highest BCUT2D eigenvalue weighted by molar-refractivity contribution is 5.97. The largest absolute Gasteiger partial charge is 0.497 e. The molecule has 0 unspecified atom stereocenters. The lowest BCUT2D eigenvalue weighted by Gasteiger charge is -2.17. The summed E-state index contributed by atoms with van der Waals surface area (Å²) >= 11 is 0. The van der Waals surface area contributed by atoms with Gasteiger partial charge in [0.1, 0.15) is 12.3 Å². The van der Waals surface area contributed by atoms with Crippen LogP contribution in [-0.4, -0.2) is 47.7 Å². The third-order valence-corrected chi connectivity index (χ3v) is 5.36. The summed E-state index contributed by atoms with van der Waals surface area (Å²) in [6, 6.07) is 16.7. The fourth-order valence-electron chi connectivity index (χ4n) is 3.17. The Kier molecular flexibility index (Phi) is 8.78. The fraction of sp³-hybridized carbons (Fsp3) is 0.296. The summed E-state index contributed by atoms with van der Waals surface area (Å²) in [6.45, 7) is 5.57. The van der Waals surface area contributed by atoms with Gasteiger partial charge in [-0.1, -0.05) is 20.8 Å². The van der Waals surface area contributed by atoms with Gasteiger partial charge >= 0.3 is 0 Å². The quantitative estimate of drug-likeness (QED) is 0.383. The van der Waals surface area contributed by atoms with E-state index >= 15 is 0 Å². The van der Waals surface area contributed by atoms with E-state index in [1.165, 1.54) is 6.07 Å². The van der Waals surface area contributed by atoms with Crippen molar-refractivity contribution in [3.8, 4) is 17.0 Å². The molecule has 3 rings (SSSR count). The lowest BCUT2D eigenvalue weighted by molar-refractivity contribution is -0.123. The molecule has 2 aromatic carbocycles. The van der Waals surface area contributed by atoms with Crippen LogP contribution in [0.25, 0.3) is 11.3 Å². The SMILES string of the molecule is COc1ccc(-c2ccc(=O)n(CC(=O)NCCNC(=O)c3ccc(NC(=O)C(C)(C)C)cc3)n2)cc1. The molecule has 0 spiro atoms. The lowest BCUT2D eigenvalue weighted by Crippen LogP contribution is -2.38. The third kappa shape index (κ3) is 7.76.